The van der Waals surface area contributed by atoms with Gasteiger partial charge in [-0.1, -0.05) is 66.0 Å². The number of carbonyl (C=O) groups excluding carboxylic acids is 2. The van der Waals surface area contributed by atoms with E-state index in [1.165, 1.54) is 30.1 Å². The van der Waals surface area contributed by atoms with Gasteiger partial charge in [0.1, 0.15) is 12.6 Å². The summed E-state index contributed by atoms with van der Waals surface area (Å²) < 4.78 is 28.9. The predicted molar refractivity (Wildman–Crippen MR) is 152 cm³/mol. The van der Waals surface area contributed by atoms with Crippen LogP contribution in [0.5, 0.6) is 0 Å². The van der Waals surface area contributed by atoms with Gasteiger partial charge in [0.05, 0.1) is 10.6 Å². The van der Waals surface area contributed by atoms with Crippen LogP contribution in [0.25, 0.3) is 0 Å². The maximum Gasteiger partial charge on any atom is 0.264 e. The molecule has 38 heavy (non-hydrogen) atoms. The van der Waals surface area contributed by atoms with Crippen LogP contribution in [0.3, 0.4) is 0 Å². The normalized spacial score (nSPS) is 12.1. The molecule has 0 radical (unpaired) electrons. The molecule has 0 aliphatic heterocycles. The number of amides is 2. The topological polar surface area (TPSA) is 86.8 Å². The number of likely N-dealkylation sites (N-methyl/N-ethyl adjacent to an activating group) is 1. The van der Waals surface area contributed by atoms with Gasteiger partial charge in [0.15, 0.2) is 0 Å². The summed E-state index contributed by atoms with van der Waals surface area (Å²) in [5.41, 5.74) is 2.55. The Labute approximate surface area is 234 Å². The van der Waals surface area contributed by atoms with Crippen molar-refractivity contribution < 1.29 is 18.0 Å². The first-order chi connectivity index (χ1) is 18.0. The lowest BCUT2D eigenvalue weighted by Crippen LogP contribution is -2.51. The Kier molecular flexibility index (Phi) is 9.82. The molecule has 0 aromatic heterocycles. The summed E-state index contributed by atoms with van der Waals surface area (Å²) in [7, 11) is -2.67. The molecular formula is C28H31Cl2N3O4S. The van der Waals surface area contributed by atoms with Gasteiger partial charge in [-0.2, -0.15) is 0 Å². The lowest BCUT2D eigenvalue weighted by atomic mass is 10.1. The molecule has 1 N–H and O–H groups in total. The Balaban J connectivity index is 2.10. The van der Waals surface area contributed by atoms with E-state index in [4.69, 9.17) is 23.2 Å². The molecule has 3 rings (SSSR count). The SMILES string of the molecule is CC[C@H](C(=O)NC)N(Cc1ccc(Cl)cc1)C(=O)CN(c1cc(Cl)ccc1C)S(=O)(=O)c1ccc(C)cc1. The van der Waals surface area contributed by atoms with Gasteiger partial charge in [0, 0.05) is 23.6 Å². The number of nitrogens with one attached hydrogen (secondary N) is 1. The summed E-state index contributed by atoms with van der Waals surface area (Å²) in [4.78, 5) is 28.1. The summed E-state index contributed by atoms with van der Waals surface area (Å²) in [6.45, 7) is 4.97. The highest BCUT2D eigenvalue weighted by molar-refractivity contribution is 7.92. The van der Waals surface area contributed by atoms with Crippen molar-refractivity contribution in [1.82, 2.24) is 10.2 Å². The molecule has 0 fully saturated rings. The number of hydrogen-bond acceptors (Lipinski definition) is 4. The zero-order valence-electron chi connectivity index (χ0n) is 21.7. The van der Waals surface area contributed by atoms with Crippen LogP contribution in [0.2, 0.25) is 10.0 Å². The first-order valence-corrected chi connectivity index (χ1v) is 14.3. The zero-order valence-corrected chi connectivity index (χ0v) is 24.1. The van der Waals surface area contributed by atoms with E-state index in [1.807, 2.05) is 6.92 Å². The average molecular weight is 577 g/mol. The number of anilines is 1. The summed E-state index contributed by atoms with van der Waals surface area (Å²) in [5.74, 6) is -0.882. The summed E-state index contributed by atoms with van der Waals surface area (Å²) >= 11 is 12.3. The number of benzene rings is 3. The summed E-state index contributed by atoms with van der Waals surface area (Å²) in [6.07, 6.45) is 0.333. The molecule has 0 spiro atoms. The maximum absolute atomic E-state index is 13.9. The molecule has 7 nitrogen and oxygen atoms in total. The Morgan fingerprint density at radius 2 is 1.53 bits per heavy atom. The third-order valence-corrected chi connectivity index (χ3v) is 8.49. The molecular weight excluding hydrogens is 545 g/mol. The van der Waals surface area contributed by atoms with Crippen molar-refractivity contribution in [2.45, 2.75) is 44.7 Å². The molecule has 0 saturated heterocycles. The molecule has 3 aromatic carbocycles. The second-order valence-electron chi connectivity index (χ2n) is 8.94. The van der Waals surface area contributed by atoms with Gasteiger partial charge >= 0.3 is 0 Å². The second kappa shape index (κ2) is 12.7. The largest absolute Gasteiger partial charge is 0.357 e. The van der Waals surface area contributed by atoms with Gasteiger partial charge in [0.25, 0.3) is 10.0 Å². The number of carbonyl (C=O) groups is 2. The monoisotopic (exact) mass is 575 g/mol. The van der Waals surface area contributed by atoms with Crippen LogP contribution in [0, 0.1) is 13.8 Å². The Bertz CT molecular complexity index is 1390. The maximum atomic E-state index is 13.9. The van der Waals surface area contributed by atoms with Crippen molar-refractivity contribution in [3.05, 3.63) is 93.5 Å². The van der Waals surface area contributed by atoms with Crippen molar-refractivity contribution in [1.29, 1.82) is 0 Å². The molecule has 3 aromatic rings. The number of sulfonamides is 1. The van der Waals surface area contributed by atoms with E-state index < -0.39 is 28.5 Å². The predicted octanol–water partition coefficient (Wildman–Crippen LogP) is 5.36. The smallest absolute Gasteiger partial charge is 0.264 e. The molecule has 202 valence electrons. The second-order valence-corrected chi connectivity index (χ2v) is 11.7. The molecule has 1 atom stereocenters. The lowest BCUT2D eigenvalue weighted by Gasteiger charge is -2.33. The highest BCUT2D eigenvalue weighted by Crippen LogP contribution is 2.30. The Hall–Kier alpha value is -3.07. The minimum Gasteiger partial charge on any atom is -0.357 e. The first-order valence-electron chi connectivity index (χ1n) is 12.1. The van der Waals surface area contributed by atoms with Crippen LogP contribution in [0.15, 0.2) is 71.6 Å². The highest BCUT2D eigenvalue weighted by Gasteiger charge is 2.34. The van der Waals surface area contributed by atoms with Crippen molar-refractivity contribution in [2.24, 2.45) is 0 Å². The van der Waals surface area contributed by atoms with Gasteiger partial charge in [-0.15, -0.1) is 0 Å². The fourth-order valence-electron chi connectivity index (χ4n) is 4.07. The molecule has 0 heterocycles. The van der Waals surface area contributed by atoms with Crippen LogP contribution < -0.4 is 9.62 Å². The van der Waals surface area contributed by atoms with Crippen LogP contribution >= 0.6 is 23.2 Å². The summed E-state index contributed by atoms with van der Waals surface area (Å²) in [6, 6.07) is 17.4. The van der Waals surface area contributed by atoms with E-state index in [2.05, 4.69) is 5.32 Å². The van der Waals surface area contributed by atoms with Gasteiger partial charge in [0.2, 0.25) is 11.8 Å². The number of hydrogen-bond donors (Lipinski definition) is 1. The third kappa shape index (κ3) is 6.87. The quantitative estimate of drug-likeness (QED) is 0.352. The fourth-order valence-corrected chi connectivity index (χ4v) is 5.84. The van der Waals surface area contributed by atoms with Crippen LogP contribution in [0.4, 0.5) is 5.69 Å². The Morgan fingerprint density at radius 3 is 2.11 bits per heavy atom. The van der Waals surface area contributed by atoms with Crippen molar-refractivity contribution >= 4 is 50.7 Å². The van der Waals surface area contributed by atoms with Gasteiger partial charge < -0.3 is 10.2 Å². The number of rotatable bonds is 10. The van der Waals surface area contributed by atoms with E-state index in [-0.39, 0.29) is 23.0 Å². The van der Waals surface area contributed by atoms with E-state index in [9.17, 15) is 18.0 Å². The lowest BCUT2D eigenvalue weighted by molar-refractivity contribution is -0.140. The minimum absolute atomic E-state index is 0.0397. The standard InChI is InChI=1S/C28H31Cl2N3O4S/c1-5-25(28(35)31-4)32(17-21-9-12-22(29)13-10-21)27(34)18-33(26-16-23(30)11-8-20(26)3)38(36,37)24-14-6-19(2)7-15-24/h6-16,25H,5,17-18H2,1-4H3,(H,31,35)/t25-/m1/s1. The van der Waals surface area contributed by atoms with Crippen LogP contribution in [-0.4, -0.2) is 44.8 Å². The number of aryl methyl sites for hydroxylation is 2. The molecule has 0 saturated carbocycles. The van der Waals surface area contributed by atoms with Crippen LogP contribution in [0.1, 0.15) is 30.0 Å². The van der Waals surface area contributed by atoms with Crippen molar-refractivity contribution in [2.75, 3.05) is 17.9 Å². The van der Waals surface area contributed by atoms with Crippen molar-refractivity contribution in [3.63, 3.8) is 0 Å². The molecule has 0 bridgehead atoms. The van der Waals surface area contributed by atoms with Gasteiger partial charge in [-0.3, -0.25) is 13.9 Å². The van der Waals surface area contributed by atoms with Gasteiger partial charge in [-0.25, -0.2) is 8.42 Å². The van der Waals surface area contributed by atoms with E-state index >= 15 is 0 Å². The zero-order chi connectivity index (χ0) is 28.0. The number of halogens is 2. The van der Waals surface area contributed by atoms with E-state index in [0.717, 1.165) is 15.4 Å². The average Bonchev–Trinajstić information content (AvgIpc) is 2.89. The molecule has 2 amide bonds. The van der Waals surface area contributed by atoms with E-state index in [0.29, 0.717) is 22.0 Å². The van der Waals surface area contributed by atoms with E-state index in [1.54, 1.807) is 62.4 Å². The third-order valence-electron chi connectivity index (χ3n) is 6.23. The highest BCUT2D eigenvalue weighted by atomic mass is 35.5. The van der Waals surface area contributed by atoms with Gasteiger partial charge in [-0.05, 0) is 67.8 Å². The molecule has 0 unspecified atom stereocenters. The summed E-state index contributed by atoms with van der Waals surface area (Å²) in [5, 5.41) is 3.48. The Morgan fingerprint density at radius 1 is 0.921 bits per heavy atom. The number of nitrogens with zero attached hydrogens (tertiary/aromatic N) is 2. The first kappa shape index (κ1) is 29.5. The molecule has 10 heteroatoms. The molecule has 0 aliphatic carbocycles. The van der Waals surface area contributed by atoms with Crippen LogP contribution in [-0.2, 0) is 26.2 Å². The van der Waals surface area contributed by atoms with Crippen molar-refractivity contribution in [3.8, 4) is 0 Å². The minimum atomic E-state index is -4.17. The fraction of sp³-hybridized carbons (Fsp3) is 0.286. The molecule has 0 aliphatic rings.